The molecule has 3 aromatic rings. The number of nitrogens with zero attached hydrogens (tertiary/aromatic N) is 1. The number of aryl methyl sites for hydroxylation is 1. The quantitative estimate of drug-likeness (QED) is 0.659. The summed E-state index contributed by atoms with van der Waals surface area (Å²) in [5, 5.41) is 3.00. The smallest absolute Gasteiger partial charge is 0.266 e. The Bertz CT molecular complexity index is 1110. The molecule has 0 unspecified atom stereocenters. The average molecular weight is 391 g/mol. The molecule has 3 amide bonds. The van der Waals surface area contributed by atoms with Gasteiger partial charge in [-0.1, -0.05) is 41.9 Å². The first-order chi connectivity index (χ1) is 13.5. The molecule has 3 aromatic carbocycles. The molecule has 0 saturated carbocycles. The molecule has 0 spiro atoms. The minimum atomic E-state index is -0.395. The van der Waals surface area contributed by atoms with Gasteiger partial charge < -0.3 is 5.32 Å². The number of carbonyl (C=O) groups excluding carboxylic acids is 3. The highest BCUT2D eigenvalue weighted by atomic mass is 35.5. The lowest BCUT2D eigenvalue weighted by Crippen LogP contribution is -2.29. The number of fused-ring (bicyclic) bond motifs is 1. The standard InChI is InChI=1S/C22H15ClN2O3/c1-13-6-2-3-7-15(13)20(26)24-19-11-10-14(12-18(19)23)25-21(27)16-8-4-5-9-17(16)22(25)28/h2-12H,1H3,(H,24,26). The van der Waals surface area contributed by atoms with Crippen molar-refractivity contribution in [2.24, 2.45) is 0 Å². The van der Waals surface area contributed by atoms with E-state index in [-0.39, 0.29) is 10.9 Å². The molecule has 0 saturated heterocycles. The molecule has 0 aliphatic carbocycles. The van der Waals surface area contributed by atoms with Crippen LogP contribution in [0.3, 0.4) is 0 Å². The van der Waals surface area contributed by atoms with Crippen LogP contribution in [0.1, 0.15) is 36.6 Å². The van der Waals surface area contributed by atoms with E-state index >= 15 is 0 Å². The fourth-order valence-corrected chi connectivity index (χ4v) is 3.41. The molecule has 4 rings (SSSR count). The van der Waals surface area contributed by atoms with E-state index in [1.165, 1.54) is 6.07 Å². The van der Waals surface area contributed by atoms with E-state index in [4.69, 9.17) is 11.6 Å². The van der Waals surface area contributed by atoms with Crippen LogP contribution in [0.5, 0.6) is 0 Å². The lowest BCUT2D eigenvalue weighted by molar-refractivity contribution is 0.0924. The molecule has 138 valence electrons. The van der Waals surface area contributed by atoms with Gasteiger partial charge in [0.15, 0.2) is 0 Å². The Labute approximate surface area is 166 Å². The third-order valence-corrected chi connectivity index (χ3v) is 4.96. The number of benzene rings is 3. The lowest BCUT2D eigenvalue weighted by Gasteiger charge is -2.16. The third-order valence-electron chi connectivity index (χ3n) is 4.64. The fraction of sp³-hybridized carbons (Fsp3) is 0.0455. The summed E-state index contributed by atoms with van der Waals surface area (Å²) in [6, 6.07) is 18.5. The summed E-state index contributed by atoms with van der Waals surface area (Å²) in [5.74, 6) is -1.07. The van der Waals surface area contributed by atoms with Crippen LogP contribution in [0.2, 0.25) is 5.02 Å². The van der Waals surface area contributed by atoms with Crippen molar-refractivity contribution < 1.29 is 14.4 Å². The van der Waals surface area contributed by atoms with Crippen LogP contribution in [-0.4, -0.2) is 17.7 Å². The van der Waals surface area contributed by atoms with E-state index in [1.807, 2.05) is 19.1 Å². The number of halogens is 1. The van der Waals surface area contributed by atoms with Crippen molar-refractivity contribution in [3.05, 3.63) is 94.0 Å². The largest absolute Gasteiger partial charge is 0.321 e. The summed E-state index contributed by atoms with van der Waals surface area (Å²) < 4.78 is 0. The zero-order chi connectivity index (χ0) is 19.8. The Balaban J connectivity index is 1.61. The number of amides is 3. The molecular formula is C22H15ClN2O3. The molecule has 1 N–H and O–H groups in total. The molecule has 1 heterocycles. The van der Waals surface area contributed by atoms with E-state index in [0.29, 0.717) is 28.1 Å². The van der Waals surface area contributed by atoms with Crippen LogP contribution in [0.25, 0.3) is 0 Å². The SMILES string of the molecule is Cc1ccccc1C(=O)Nc1ccc(N2C(=O)c3ccccc3C2=O)cc1Cl. The average Bonchev–Trinajstić information content (AvgIpc) is 2.95. The van der Waals surface area contributed by atoms with E-state index in [9.17, 15) is 14.4 Å². The Morgan fingerprint density at radius 1 is 0.893 bits per heavy atom. The van der Waals surface area contributed by atoms with E-state index in [1.54, 1.807) is 48.5 Å². The van der Waals surface area contributed by atoms with Crippen molar-refractivity contribution in [2.45, 2.75) is 6.92 Å². The molecule has 5 nitrogen and oxygen atoms in total. The number of carbonyl (C=O) groups is 3. The van der Waals surface area contributed by atoms with Crippen LogP contribution < -0.4 is 10.2 Å². The summed E-state index contributed by atoms with van der Waals surface area (Å²) in [6.07, 6.45) is 0. The number of anilines is 2. The Hall–Kier alpha value is -3.44. The molecule has 0 aromatic heterocycles. The van der Waals surface area contributed by atoms with Crippen molar-refractivity contribution >= 4 is 40.7 Å². The zero-order valence-corrected chi connectivity index (χ0v) is 15.7. The van der Waals surface area contributed by atoms with Gasteiger partial charge in [-0.05, 0) is 48.9 Å². The maximum atomic E-state index is 12.6. The fourth-order valence-electron chi connectivity index (χ4n) is 3.19. The summed E-state index contributed by atoms with van der Waals surface area (Å²) in [5.41, 5.74) is 2.86. The number of rotatable bonds is 3. The number of hydrogen-bond acceptors (Lipinski definition) is 3. The van der Waals surface area contributed by atoms with Crippen molar-refractivity contribution in [3.63, 3.8) is 0 Å². The second-order valence-corrected chi connectivity index (χ2v) is 6.83. The van der Waals surface area contributed by atoms with Crippen molar-refractivity contribution in [1.82, 2.24) is 0 Å². The van der Waals surface area contributed by atoms with Crippen molar-refractivity contribution in [2.75, 3.05) is 10.2 Å². The molecule has 0 fully saturated rings. The number of nitrogens with one attached hydrogen (secondary N) is 1. The monoisotopic (exact) mass is 390 g/mol. The summed E-state index contributed by atoms with van der Waals surface area (Å²) in [7, 11) is 0. The summed E-state index contributed by atoms with van der Waals surface area (Å²) in [6.45, 7) is 1.85. The second-order valence-electron chi connectivity index (χ2n) is 6.42. The topological polar surface area (TPSA) is 66.5 Å². The van der Waals surface area contributed by atoms with Gasteiger partial charge in [-0.3, -0.25) is 14.4 Å². The summed E-state index contributed by atoms with van der Waals surface area (Å²) >= 11 is 6.32. The minimum Gasteiger partial charge on any atom is -0.321 e. The first-order valence-corrected chi connectivity index (χ1v) is 8.99. The molecule has 1 aliphatic heterocycles. The molecule has 0 bridgehead atoms. The Morgan fingerprint density at radius 2 is 1.50 bits per heavy atom. The van der Waals surface area contributed by atoms with Crippen LogP contribution in [0.4, 0.5) is 11.4 Å². The highest BCUT2D eigenvalue weighted by Crippen LogP contribution is 2.33. The van der Waals surface area contributed by atoms with Crippen LogP contribution in [-0.2, 0) is 0 Å². The van der Waals surface area contributed by atoms with Gasteiger partial charge in [0, 0.05) is 5.56 Å². The Morgan fingerprint density at radius 3 is 2.11 bits per heavy atom. The van der Waals surface area contributed by atoms with E-state index in [0.717, 1.165) is 10.5 Å². The van der Waals surface area contributed by atoms with Gasteiger partial charge in [-0.2, -0.15) is 0 Å². The van der Waals surface area contributed by atoms with Gasteiger partial charge in [-0.15, -0.1) is 0 Å². The van der Waals surface area contributed by atoms with Crippen molar-refractivity contribution in [1.29, 1.82) is 0 Å². The van der Waals surface area contributed by atoms with Gasteiger partial charge in [0.05, 0.1) is 27.5 Å². The minimum absolute atomic E-state index is 0.232. The maximum Gasteiger partial charge on any atom is 0.266 e. The lowest BCUT2D eigenvalue weighted by atomic mass is 10.1. The summed E-state index contributed by atoms with van der Waals surface area (Å²) in [4.78, 5) is 38.8. The van der Waals surface area contributed by atoms with Gasteiger partial charge in [-0.25, -0.2) is 4.90 Å². The first kappa shape index (κ1) is 17.9. The molecule has 28 heavy (non-hydrogen) atoms. The molecule has 1 aliphatic rings. The number of hydrogen-bond donors (Lipinski definition) is 1. The molecule has 6 heteroatoms. The van der Waals surface area contributed by atoms with Crippen LogP contribution in [0, 0.1) is 6.92 Å². The normalized spacial score (nSPS) is 12.9. The maximum absolute atomic E-state index is 12.6. The van der Waals surface area contributed by atoms with Gasteiger partial charge >= 0.3 is 0 Å². The van der Waals surface area contributed by atoms with Crippen LogP contribution >= 0.6 is 11.6 Å². The van der Waals surface area contributed by atoms with E-state index in [2.05, 4.69) is 5.32 Å². The third kappa shape index (κ3) is 2.96. The first-order valence-electron chi connectivity index (χ1n) is 8.61. The molecule has 0 atom stereocenters. The van der Waals surface area contributed by atoms with Crippen molar-refractivity contribution in [3.8, 4) is 0 Å². The highest BCUT2D eigenvalue weighted by Gasteiger charge is 2.36. The molecule has 0 radical (unpaired) electrons. The Kier molecular flexibility index (Phi) is 4.45. The van der Waals surface area contributed by atoms with Gasteiger partial charge in [0.2, 0.25) is 0 Å². The predicted molar refractivity (Wildman–Crippen MR) is 108 cm³/mol. The van der Waals surface area contributed by atoms with Gasteiger partial charge in [0.25, 0.3) is 17.7 Å². The second kappa shape index (κ2) is 6.94. The number of imide groups is 1. The predicted octanol–water partition coefficient (Wildman–Crippen LogP) is 4.70. The van der Waals surface area contributed by atoms with E-state index < -0.39 is 11.8 Å². The van der Waals surface area contributed by atoms with Gasteiger partial charge in [0.1, 0.15) is 0 Å². The highest BCUT2D eigenvalue weighted by molar-refractivity contribution is 6.37. The molecular weight excluding hydrogens is 376 g/mol. The van der Waals surface area contributed by atoms with Crippen LogP contribution in [0.15, 0.2) is 66.7 Å². The zero-order valence-electron chi connectivity index (χ0n) is 14.9.